The zero-order valence-corrected chi connectivity index (χ0v) is 12.5. The van der Waals surface area contributed by atoms with Crippen LogP contribution < -0.4 is 0 Å². The first-order chi connectivity index (χ1) is 8.49. The van der Waals surface area contributed by atoms with E-state index in [0.717, 1.165) is 32.1 Å². The summed E-state index contributed by atoms with van der Waals surface area (Å²) in [6.45, 7) is 7.09. The molecule has 2 rings (SSSR count). The quantitative estimate of drug-likeness (QED) is 0.904. The van der Waals surface area contributed by atoms with E-state index in [1.807, 2.05) is 11.3 Å². The van der Waals surface area contributed by atoms with Crippen molar-refractivity contribution in [3.8, 4) is 0 Å². The summed E-state index contributed by atoms with van der Waals surface area (Å²) in [5, 5.41) is 10.8. The smallest absolute Gasteiger partial charge is 0.0745 e. The summed E-state index contributed by atoms with van der Waals surface area (Å²) in [6, 6.07) is 4.35. The summed E-state index contributed by atoms with van der Waals surface area (Å²) in [6.07, 6.45) is 4.31. The molecule has 3 heteroatoms. The standard InChI is InChI=1S/C15H24O2S/c1-4-12-6-7-13(18-12)10-15(16)8-9-17-14(3,5-2)11-15/h6-7,16H,4-5,8-11H2,1-3H3. The van der Waals surface area contributed by atoms with E-state index in [-0.39, 0.29) is 5.60 Å². The van der Waals surface area contributed by atoms with Crippen molar-refractivity contribution < 1.29 is 9.84 Å². The number of ether oxygens (including phenoxy) is 1. The second-order valence-electron chi connectivity index (χ2n) is 5.70. The van der Waals surface area contributed by atoms with Crippen LogP contribution in [0.4, 0.5) is 0 Å². The third-order valence-electron chi connectivity index (χ3n) is 4.04. The van der Waals surface area contributed by atoms with E-state index in [2.05, 4.69) is 32.9 Å². The van der Waals surface area contributed by atoms with Crippen molar-refractivity contribution >= 4 is 11.3 Å². The fourth-order valence-corrected chi connectivity index (χ4v) is 3.83. The van der Waals surface area contributed by atoms with E-state index >= 15 is 0 Å². The van der Waals surface area contributed by atoms with Crippen molar-refractivity contribution in [3.05, 3.63) is 21.9 Å². The van der Waals surface area contributed by atoms with E-state index in [0.29, 0.717) is 6.61 Å². The number of hydrogen-bond donors (Lipinski definition) is 1. The van der Waals surface area contributed by atoms with Crippen LogP contribution in [0.2, 0.25) is 0 Å². The molecule has 102 valence electrons. The molecule has 0 bridgehead atoms. The van der Waals surface area contributed by atoms with Crippen molar-refractivity contribution in [1.29, 1.82) is 0 Å². The third-order valence-corrected chi connectivity index (χ3v) is 5.27. The van der Waals surface area contributed by atoms with Crippen LogP contribution in [-0.2, 0) is 17.6 Å². The first kappa shape index (κ1) is 14.0. The molecule has 1 saturated heterocycles. The number of aliphatic hydroxyl groups is 1. The molecule has 0 spiro atoms. The van der Waals surface area contributed by atoms with Crippen LogP contribution in [0.1, 0.15) is 49.8 Å². The minimum Gasteiger partial charge on any atom is -0.389 e. The number of aryl methyl sites for hydroxylation is 1. The van der Waals surface area contributed by atoms with E-state index in [4.69, 9.17) is 4.74 Å². The normalized spacial score (nSPS) is 32.7. The fourth-order valence-electron chi connectivity index (χ4n) is 2.73. The van der Waals surface area contributed by atoms with Gasteiger partial charge in [-0.2, -0.15) is 0 Å². The topological polar surface area (TPSA) is 29.5 Å². The molecular formula is C15H24O2S. The van der Waals surface area contributed by atoms with Crippen LogP contribution in [-0.4, -0.2) is 22.9 Å². The lowest BCUT2D eigenvalue weighted by Gasteiger charge is -2.43. The van der Waals surface area contributed by atoms with Crippen LogP contribution in [0.3, 0.4) is 0 Å². The van der Waals surface area contributed by atoms with Crippen LogP contribution in [0.25, 0.3) is 0 Å². The molecule has 1 aromatic heterocycles. The molecular weight excluding hydrogens is 244 g/mol. The van der Waals surface area contributed by atoms with Crippen molar-refractivity contribution in [2.24, 2.45) is 0 Å². The Morgan fingerprint density at radius 2 is 2.06 bits per heavy atom. The van der Waals surface area contributed by atoms with Gasteiger partial charge in [-0.15, -0.1) is 11.3 Å². The Bertz CT molecular complexity index is 401. The van der Waals surface area contributed by atoms with Crippen LogP contribution in [0.15, 0.2) is 12.1 Å². The van der Waals surface area contributed by atoms with Gasteiger partial charge in [-0.05, 0) is 38.3 Å². The summed E-state index contributed by atoms with van der Waals surface area (Å²) in [7, 11) is 0. The van der Waals surface area contributed by atoms with Gasteiger partial charge in [0.25, 0.3) is 0 Å². The molecule has 1 fully saturated rings. The first-order valence-corrected chi connectivity index (χ1v) is 7.74. The lowest BCUT2D eigenvalue weighted by atomic mass is 9.79. The summed E-state index contributed by atoms with van der Waals surface area (Å²) < 4.78 is 5.82. The molecule has 0 aromatic carbocycles. The first-order valence-electron chi connectivity index (χ1n) is 6.92. The van der Waals surface area contributed by atoms with Gasteiger partial charge in [-0.3, -0.25) is 0 Å². The molecule has 0 saturated carbocycles. The van der Waals surface area contributed by atoms with Gasteiger partial charge < -0.3 is 9.84 Å². The van der Waals surface area contributed by atoms with Gasteiger partial charge >= 0.3 is 0 Å². The average Bonchev–Trinajstić information content (AvgIpc) is 2.75. The molecule has 2 nitrogen and oxygen atoms in total. The maximum Gasteiger partial charge on any atom is 0.0745 e. The molecule has 2 atom stereocenters. The van der Waals surface area contributed by atoms with Crippen molar-refractivity contribution in [1.82, 2.24) is 0 Å². The van der Waals surface area contributed by atoms with Gasteiger partial charge in [0.05, 0.1) is 17.8 Å². The fraction of sp³-hybridized carbons (Fsp3) is 0.733. The van der Waals surface area contributed by atoms with Gasteiger partial charge in [0.15, 0.2) is 0 Å². The van der Waals surface area contributed by atoms with Crippen LogP contribution >= 0.6 is 11.3 Å². The van der Waals surface area contributed by atoms with Gasteiger partial charge in [-0.25, -0.2) is 0 Å². The Balaban J connectivity index is 2.06. The highest BCUT2D eigenvalue weighted by atomic mass is 32.1. The second kappa shape index (κ2) is 5.32. The van der Waals surface area contributed by atoms with Crippen LogP contribution in [0, 0.1) is 0 Å². The Kier molecular flexibility index (Phi) is 4.15. The zero-order chi connectivity index (χ0) is 13.2. The van der Waals surface area contributed by atoms with Crippen LogP contribution in [0.5, 0.6) is 0 Å². The second-order valence-corrected chi connectivity index (χ2v) is 6.95. The molecule has 1 aromatic rings. The largest absolute Gasteiger partial charge is 0.389 e. The third kappa shape index (κ3) is 3.14. The molecule has 0 aliphatic carbocycles. The number of rotatable bonds is 4. The maximum absolute atomic E-state index is 10.8. The molecule has 2 unspecified atom stereocenters. The molecule has 1 aliphatic rings. The Morgan fingerprint density at radius 3 is 2.67 bits per heavy atom. The monoisotopic (exact) mass is 268 g/mol. The molecule has 0 radical (unpaired) electrons. The van der Waals surface area contributed by atoms with E-state index in [1.54, 1.807) is 0 Å². The molecule has 1 N–H and O–H groups in total. The van der Waals surface area contributed by atoms with Gasteiger partial charge in [0, 0.05) is 22.6 Å². The van der Waals surface area contributed by atoms with E-state index < -0.39 is 5.60 Å². The molecule has 0 amide bonds. The number of thiophene rings is 1. The summed E-state index contributed by atoms with van der Waals surface area (Å²) in [5.41, 5.74) is -0.739. The SMILES string of the molecule is CCc1ccc(CC2(O)CCOC(C)(CC)C2)s1. The molecule has 18 heavy (non-hydrogen) atoms. The lowest BCUT2D eigenvalue weighted by molar-refractivity contribution is -0.152. The van der Waals surface area contributed by atoms with Crippen molar-refractivity contribution in [2.45, 2.75) is 64.1 Å². The Labute approximate surface area is 114 Å². The predicted octanol–water partition coefficient (Wildman–Crippen LogP) is 3.56. The Hall–Kier alpha value is -0.380. The Morgan fingerprint density at radius 1 is 1.33 bits per heavy atom. The van der Waals surface area contributed by atoms with E-state index in [1.165, 1.54) is 9.75 Å². The minimum atomic E-state index is -0.584. The summed E-state index contributed by atoms with van der Waals surface area (Å²) in [4.78, 5) is 2.70. The predicted molar refractivity (Wildman–Crippen MR) is 76.2 cm³/mol. The van der Waals surface area contributed by atoms with Crippen molar-refractivity contribution in [3.63, 3.8) is 0 Å². The highest BCUT2D eigenvalue weighted by molar-refractivity contribution is 7.12. The zero-order valence-electron chi connectivity index (χ0n) is 11.7. The van der Waals surface area contributed by atoms with Gasteiger partial charge in [0.2, 0.25) is 0 Å². The highest BCUT2D eigenvalue weighted by Gasteiger charge is 2.41. The lowest BCUT2D eigenvalue weighted by Crippen LogP contribution is -2.48. The molecule has 1 aliphatic heterocycles. The number of hydrogen-bond acceptors (Lipinski definition) is 3. The van der Waals surface area contributed by atoms with Gasteiger partial charge in [0.1, 0.15) is 0 Å². The maximum atomic E-state index is 10.8. The average molecular weight is 268 g/mol. The van der Waals surface area contributed by atoms with E-state index in [9.17, 15) is 5.11 Å². The summed E-state index contributed by atoms with van der Waals surface area (Å²) >= 11 is 1.83. The minimum absolute atomic E-state index is 0.155. The molecule has 2 heterocycles. The summed E-state index contributed by atoms with van der Waals surface area (Å²) in [5.74, 6) is 0. The van der Waals surface area contributed by atoms with Crippen molar-refractivity contribution in [2.75, 3.05) is 6.61 Å². The van der Waals surface area contributed by atoms with Gasteiger partial charge in [-0.1, -0.05) is 13.8 Å². The highest BCUT2D eigenvalue weighted by Crippen LogP contribution is 2.37.